The Bertz CT molecular complexity index is 992. The van der Waals surface area contributed by atoms with Crippen LogP contribution in [0.4, 0.5) is 5.69 Å². The number of nitrogens with one attached hydrogen (secondary N) is 2. The monoisotopic (exact) mass is 429 g/mol. The minimum Gasteiger partial charge on any atom is -0.348 e. The Labute approximate surface area is 177 Å². The molecule has 2 aromatic rings. The Kier molecular flexibility index (Phi) is 7.23. The van der Waals surface area contributed by atoms with Crippen LogP contribution in [0.1, 0.15) is 35.7 Å². The predicted molar refractivity (Wildman–Crippen MR) is 116 cm³/mol. The van der Waals surface area contributed by atoms with Gasteiger partial charge in [-0.3, -0.25) is 9.59 Å². The molecule has 30 heavy (non-hydrogen) atoms. The van der Waals surface area contributed by atoms with E-state index in [-0.39, 0.29) is 24.1 Å². The van der Waals surface area contributed by atoms with Crippen LogP contribution in [-0.2, 0) is 21.4 Å². The molecule has 0 radical (unpaired) electrons. The minimum absolute atomic E-state index is 0.0196. The fourth-order valence-corrected chi connectivity index (χ4v) is 4.67. The summed E-state index contributed by atoms with van der Waals surface area (Å²) in [6.07, 6.45) is 1.25. The first-order valence-corrected chi connectivity index (χ1v) is 11.7. The van der Waals surface area contributed by atoms with Crippen LogP contribution in [-0.4, -0.2) is 43.4 Å². The number of nitrogens with zero attached hydrogens (tertiary/aromatic N) is 1. The lowest BCUT2D eigenvalue weighted by Gasteiger charge is -2.31. The molecule has 7 nitrogen and oxygen atoms in total. The topological polar surface area (TPSA) is 95.6 Å². The van der Waals surface area contributed by atoms with Crippen molar-refractivity contribution in [3.63, 3.8) is 0 Å². The van der Waals surface area contributed by atoms with Crippen LogP contribution in [0.5, 0.6) is 0 Å². The summed E-state index contributed by atoms with van der Waals surface area (Å²) in [4.78, 5) is 25.5. The average Bonchev–Trinajstić information content (AvgIpc) is 2.78. The normalized spacial score (nSPS) is 17.3. The zero-order valence-electron chi connectivity index (χ0n) is 17.0. The summed E-state index contributed by atoms with van der Waals surface area (Å²) in [6, 6.07) is 16.4. The highest BCUT2D eigenvalue weighted by atomic mass is 32.2. The van der Waals surface area contributed by atoms with Gasteiger partial charge in [-0.15, -0.1) is 0 Å². The van der Waals surface area contributed by atoms with Gasteiger partial charge in [-0.25, -0.2) is 12.7 Å². The van der Waals surface area contributed by atoms with Crippen LogP contribution in [0.15, 0.2) is 54.6 Å². The minimum atomic E-state index is -3.33. The molecule has 0 saturated carbocycles. The quantitative estimate of drug-likeness (QED) is 0.707. The fourth-order valence-electron chi connectivity index (χ4n) is 3.49. The second-order valence-corrected chi connectivity index (χ2v) is 9.56. The summed E-state index contributed by atoms with van der Waals surface area (Å²) in [5.74, 6) is -0.977. The van der Waals surface area contributed by atoms with Crippen molar-refractivity contribution in [2.24, 2.45) is 5.92 Å². The first-order chi connectivity index (χ1) is 14.4. The average molecular weight is 430 g/mol. The number of amides is 2. The lowest BCUT2D eigenvalue weighted by Crippen LogP contribution is -2.44. The molecule has 160 valence electrons. The van der Waals surface area contributed by atoms with E-state index in [1.54, 1.807) is 31.2 Å². The van der Waals surface area contributed by atoms with Gasteiger partial charge in [-0.1, -0.05) is 42.5 Å². The molecule has 1 atom stereocenters. The Morgan fingerprint density at radius 3 is 2.50 bits per heavy atom. The van der Waals surface area contributed by atoms with Gasteiger partial charge in [0.25, 0.3) is 5.91 Å². The Hall–Kier alpha value is -2.71. The molecule has 3 rings (SSSR count). The summed E-state index contributed by atoms with van der Waals surface area (Å²) >= 11 is 0. The third-order valence-electron chi connectivity index (χ3n) is 5.24. The molecule has 0 aliphatic carbocycles. The van der Waals surface area contributed by atoms with Crippen molar-refractivity contribution < 1.29 is 18.0 Å². The maximum atomic E-state index is 12.8. The lowest BCUT2D eigenvalue weighted by atomic mass is 9.98. The van der Waals surface area contributed by atoms with Crippen LogP contribution in [0.25, 0.3) is 0 Å². The van der Waals surface area contributed by atoms with E-state index >= 15 is 0 Å². The highest BCUT2D eigenvalue weighted by molar-refractivity contribution is 7.89. The van der Waals surface area contributed by atoms with E-state index < -0.39 is 15.9 Å². The van der Waals surface area contributed by atoms with E-state index in [4.69, 9.17) is 0 Å². The number of carbonyl (C=O) groups excluding carboxylic acids is 2. The molecular formula is C22H27N3O4S. The van der Waals surface area contributed by atoms with Crippen molar-refractivity contribution in [2.75, 3.05) is 24.2 Å². The summed E-state index contributed by atoms with van der Waals surface area (Å²) in [6.45, 7) is 2.60. The molecule has 1 aliphatic rings. The number of benzene rings is 2. The van der Waals surface area contributed by atoms with Gasteiger partial charge in [0, 0.05) is 19.6 Å². The number of hydrogen-bond donors (Lipinski definition) is 2. The number of anilines is 1. The van der Waals surface area contributed by atoms with E-state index in [1.807, 2.05) is 30.3 Å². The van der Waals surface area contributed by atoms with Gasteiger partial charge < -0.3 is 10.6 Å². The Morgan fingerprint density at radius 1 is 1.07 bits per heavy atom. The lowest BCUT2D eigenvalue weighted by molar-refractivity contribution is -0.120. The Balaban J connectivity index is 1.66. The Morgan fingerprint density at radius 2 is 1.77 bits per heavy atom. The zero-order chi connectivity index (χ0) is 21.6. The van der Waals surface area contributed by atoms with E-state index in [9.17, 15) is 18.0 Å². The molecule has 8 heteroatoms. The summed E-state index contributed by atoms with van der Waals surface area (Å²) in [5.41, 5.74) is 1.77. The van der Waals surface area contributed by atoms with E-state index in [2.05, 4.69) is 10.6 Å². The fraction of sp³-hybridized carbons (Fsp3) is 0.364. The van der Waals surface area contributed by atoms with Crippen molar-refractivity contribution in [1.29, 1.82) is 0 Å². The maximum absolute atomic E-state index is 12.8. The summed E-state index contributed by atoms with van der Waals surface area (Å²) in [5, 5.41) is 5.69. The number of hydrogen-bond acceptors (Lipinski definition) is 4. The van der Waals surface area contributed by atoms with E-state index in [1.165, 1.54) is 4.31 Å². The molecule has 2 aromatic carbocycles. The standard InChI is InChI=1S/C22H27N3O4S/c1-2-30(28,29)25-14-8-11-18(16-25)21(26)24-20-13-7-6-12-19(20)22(27)23-15-17-9-4-3-5-10-17/h3-7,9-10,12-13,18H,2,8,11,14-16H2,1H3,(H,23,27)(H,24,26). The third kappa shape index (κ3) is 5.46. The van der Waals surface area contributed by atoms with Gasteiger partial charge in [0.1, 0.15) is 0 Å². The number of carbonyl (C=O) groups is 2. The van der Waals surface area contributed by atoms with Gasteiger partial charge in [-0.2, -0.15) is 0 Å². The van der Waals surface area contributed by atoms with Crippen LogP contribution < -0.4 is 10.6 Å². The zero-order valence-corrected chi connectivity index (χ0v) is 17.8. The van der Waals surface area contributed by atoms with Crippen molar-refractivity contribution in [3.05, 3.63) is 65.7 Å². The van der Waals surface area contributed by atoms with Crippen molar-refractivity contribution in [2.45, 2.75) is 26.3 Å². The molecular weight excluding hydrogens is 402 g/mol. The predicted octanol–water partition coefficient (Wildman–Crippen LogP) is 2.62. The second kappa shape index (κ2) is 9.86. The summed E-state index contributed by atoms with van der Waals surface area (Å²) in [7, 11) is -3.33. The molecule has 2 N–H and O–H groups in total. The molecule has 0 bridgehead atoms. The molecule has 0 spiro atoms. The number of para-hydroxylation sites is 1. The van der Waals surface area contributed by atoms with Crippen molar-refractivity contribution >= 4 is 27.5 Å². The van der Waals surface area contributed by atoms with Crippen LogP contribution in [0.3, 0.4) is 0 Å². The van der Waals surface area contributed by atoms with Gasteiger partial charge in [0.2, 0.25) is 15.9 Å². The molecule has 0 aromatic heterocycles. The highest BCUT2D eigenvalue weighted by Gasteiger charge is 2.31. The van der Waals surface area contributed by atoms with Gasteiger partial charge >= 0.3 is 0 Å². The van der Waals surface area contributed by atoms with Gasteiger partial charge in [0.05, 0.1) is 22.9 Å². The van der Waals surface area contributed by atoms with Gasteiger partial charge in [0.15, 0.2) is 0 Å². The van der Waals surface area contributed by atoms with Crippen molar-refractivity contribution in [1.82, 2.24) is 9.62 Å². The van der Waals surface area contributed by atoms with Crippen LogP contribution in [0.2, 0.25) is 0 Å². The molecule has 1 aliphatic heterocycles. The number of rotatable bonds is 7. The molecule has 2 amide bonds. The first-order valence-electron chi connectivity index (χ1n) is 10.1. The number of sulfonamides is 1. The molecule has 1 unspecified atom stereocenters. The first kappa shape index (κ1) is 22.0. The molecule has 1 fully saturated rings. The smallest absolute Gasteiger partial charge is 0.253 e. The molecule has 1 heterocycles. The third-order valence-corrected chi connectivity index (χ3v) is 7.09. The second-order valence-electron chi connectivity index (χ2n) is 7.30. The number of piperidine rings is 1. The summed E-state index contributed by atoms with van der Waals surface area (Å²) < 4.78 is 25.7. The highest BCUT2D eigenvalue weighted by Crippen LogP contribution is 2.22. The van der Waals surface area contributed by atoms with Crippen molar-refractivity contribution in [3.8, 4) is 0 Å². The largest absolute Gasteiger partial charge is 0.348 e. The van der Waals surface area contributed by atoms with E-state index in [0.29, 0.717) is 37.2 Å². The van der Waals surface area contributed by atoms with Crippen LogP contribution >= 0.6 is 0 Å². The molecule has 1 saturated heterocycles. The SMILES string of the molecule is CCS(=O)(=O)N1CCCC(C(=O)Nc2ccccc2C(=O)NCc2ccccc2)C1. The van der Waals surface area contributed by atoms with Gasteiger partial charge in [-0.05, 0) is 37.5 Å². The van der Waals surface area contributed by atoms with E-state index in [0.717, 1.165) is 5.56 Å². The van der Waals surface area contributed by atoms with Crippen LogP contribution in [0, 0.1) is 5.92 Å². The maximum Gasteiger partial charge on any atom is 0.253 e.